The fourth-order valence-electron chi connectivity index (χ4n) is 4.35. The Hall–Kier alpha value is -1.86. The molecule has 188 valence electrons. The number of benzene rings is 3. The molecular weight excluding hydrogens is 567 g/mol. The maximum Gasteiger partial charge on any atom is 0.339 e. The smallest absolute Gasteiger partial charge is 0.339 e. The zero-order valence-electron chi connectivity index (χ0n) is 20.7. The Kier molecular flexibility index (Phi) is 11.6. The molecule has 0 atom stereocenters. The van der Waals surface area contributed by atoms with E-state index in [-0.39, 0.29) is 4.90 Å². The third-order valence-electron chi connectivity index (χ3n) is 6.28. The van der Waals surface area contributed by atoms with E-state index in [0.717, 1.165) is 39.5 Å². The quantitative estimate of drug-likeness (QED) is 0.0987. The van der Waals surface area contributed by atoms with E-state index in [0.29, 0.717) is 5.75 Å². The Bertz CT molecular complexity index is 1130. The van der Waals surface area contributed by atoms with Crippen LogP contribution < -0.4 is 4.18 Å². The van der Waals surface area contributed by atoms with Gasteiger partial charge in [0.25, 0.3) is 0 Å². The van der Waals surface area contributed by atoms with E-state index in [4.69, 9.17) is 4.18 Å². The second kappa shape index (κ2) is 14.6. The second-order valence-corrected chi connectivity index (χ2v) is 11.6. The molecule has 35 heavy (non-hydrogen) atoms. The van der Waals surface area contributed by atoms with E-state index in [1.165, 1.54) is 51.4 Å². The largest absolute Gasteiger partial charge is 0.379 e. The first-order valence-corrected chi connectivity index (χ1v) is 15.4. The van der Waals surface area contributed by atoms with Gasteiger partial charge in [0.1, 0.15) is 10.6 Å². The van der Waals surface area contributed by atoms with Gasteiger partial charge in [-0.3, -0.25) is 0 Å². The Morgan fingerprint density at radius 2 is 1.23 bits per heavy atom. The normalized spacial score (nSPS) is 11.5. The van der Waals surface area contributed by atoms with Gasteiger partial charge in [-0.25, -0.2) is 0 Å². The maximum atomic E-state index is 13.3. The van der Waals surface area contributed by atoms with Crippen molar-refractivity contribution in [2.24, 2.45) is 0 Å². The van der Waals surface area contributed by atoms with Crippen molar-refractivity contribution in [2.75, 3.05) is 0 Å². The van der Waals surface area contributed by atoms with Gasteiger partial charge in [-0.05, 0) is 70.3 Å². The molecule has 0 radical (unpaired) electrons. The molecule has 0 aliphatic rings. The van der Waals surface area contributed by atoms with Gasteiger partial charge >= 0.3 is 10.1 Å². The van der Waals surface area contributed by atoms with E-state index < -0.39 is 10.1 Å². The van der Waals surface area contributed by atoms with Crippen molar-refractivity contribution in [1.82, 2.24) is 0 Å². The minimum Gasteiger partial charge on any atom is -0.379 e. The van der Waals surface area contributed by atoms with Gasteiger partial charge < -0.3 is 4.18 Å². The van der Waals surface area contributed by atoms with Crippen molar-refractivity contribution < 1.29 is 12.6 Å². The number of hydrogen-bond acceptors (Lipinski definition) is 3. The van der Waals surface area contributed by atoms with Gasteiger partial charge in [0.05, 0.1) is 0 Å². The average molecular weight is 605 g/mol. The lowest BCUT2D eigenvalue weighted by Crippen LogP contribution is -2.14. The molecule has 3 aromatic rings. The molecule has 5 heteroatoms. The molecular formula is C30H37IO3S. The van der Waals surface area contributed by atoms with Gasteiger partial charge in [0, 0.05) is 3.57 Å². The minimum absolute atomic E-state index is 0.279. The van der Waals surface area contributed by atoms with Crippen LogP contribution in [0.4, 0.5) is 0 Å². The van der Waals surface area contributed by atoms with Crippen LogP contribution in [0.15, 0.2) is 77.7 Å². The molecule has 0 aliphatic carbocycles. The summed E-state index contributed by atoms with van der Waals surface area (Å²) >= 11 is 2.31. The van der Waals surface area contributed by atoms with Crippen molar-refractivity contribution in [2.45, 2.75) is 82.4 Å². The molecule has 0 aromatic heterocycles. The van der Waals surface area contributed by atoms with Gasteiger partial charge in [-0.15, -0.1) is 0 Å². The molecule has 0 fully saturated rings. The number of para-hydroxylation sites is 1. The lowest BCUT2D eigenvalue weighted by molar-refractivity contribution is 0.484. The Labute approximate surface area is 225 Å². The number of unbranched alkanes of at least 4 members (excludes halogenated alkanes) is 9. The molecule has 3 aromatic carbocycles. The van der Waals surface area contributed by atoms with E-state index in [1.54, 1.807) is 30.3 Å². The van der Waals surface area contributed by atoms with E-state index >= 15 is 0 Å². The molecule has 0 unspecified atom stereocenters. The summed E-state index contributed by atoms with van der Waals surface area (Å²) in [5.41, 5.74) is 3.02. The molecule has 0 bridgehead atoms. The predicted molar refractivity (Wildman–Crippen MR) is 154 cm³/mol. The van der Waals surface area contributed by atoms with Crippen LogP contribution in [0.3, 0.4) is 0 Å². The zero-order valence-corrected chi connectivity index (χ0v) is 23.7. The molecule has 0 N–H and O–H groups in total. The highest BCUT2D eigenvalue weighted by Crippen LogP contribution is 2.34. The fraction of sp³-hybridized carbons (Fsp3) is 0.400. The van der Waals surface area contributed by atoms with Crippen molar-refractivity contribution in [1.29, 1.82) is 0 Å². The van der Waals surface area contributed by atoms with Crippen molar-refractivity contribution in [3.8, 4) is 16.9 Å². The first kappa shape index (κ1) is 27.7. The third kappa shape index (κ3) is 8.64. The highest BCUT2D eigenvalue weighted by molar-refractivity contribution is 14.1. The fourth-order valence-corrected chi connectivity index (χ4v) is 6.78. The van der Waals surface area contributed by atoms with Gasteiger partial charge in [0.15, 0.2) is 0 Å². The molecule has 3 rings (SSSR count). The van der Waals surface area contributed by atoms with Crippen LogP contribution in [0, 0.1) is 3.57 Å². The standard InChI is InChI=1S/C30H37IO3S/c1-2-3-4-5-6-7-8-9-10-17-22-28-29(35(32,33)34-26-20-15-12-16-21-26)24-23-27(30(28)31)25-18-13-11-14-19-25/h11-16,18-21,23-24H,2-10,17,22H2,1H3. The number of hydrogen-bond donors (Lipinski definition) is 0. The molecule has 0 aliphatic heterocycles. The summed E-state index contributed by atoms with van der Waals surface area (Å²) < 4.78 is 33.0. The van der Waals surface area contributed by atoms with Crippen molar-refractivity contribution >= 4 is 32.7 Å². The monoisotopic (exact) mass is 604 g/mol. The second-order valence-electron chi connectivity index (χ2n) is 9.05. The molecule has 0 heterocycles. The molecule has 0 amide bonds. The summed E-state index contributed by atoms with van der Waals surface area (Å²) in [5, 5.41) is 0. The van der Waals surface area contributed by atoms with Gasteiger partial charge in [0.2, 0.25) is 0 Å². The van der Waals surface area contributed by atoms with Crippen molar-refractivity contribution in [3.63, 3.8) is 0 Å². The van der Waals surface area contributed by atoms with E-state index in [2.05, 4.69) is 41.6 Å². The van der Waals surface area contributed by atoms with Crippen molar-refractivity contribution in [3.05, 3.63) is 81.9 Å². The molecule has 0 saturated carbocycles. The lowest BCUT2D eigenvalue weighted by atomic mass is 9.99. The first-order valence-electron chi connectivity index (χ1n) is 12.9. The Morgan fingerprint density at radius 1 is 0.686 bits per heavy atom. The highest BCUT2D eigenvalue weighted by atomic mass is 127. The predicted octanol–water partition coefficient (Wildman–Crippen LogP) is 9.19. The van der Waals surface area contributed by atoms with Crippen LogP contribution in [0.5, 0.6) is 5.75 Å². The minimum atomic E-state index is -3.93. The van der Waals surface area contributed by atoms with Crippen LogP contribution in [-0.4, -0.2) is 8.42 Å². The summed E-state index contributed by atoms with van der Waals surface area (Å²) in [4.78, 5) is 0.279. The van der Waals surface area contributed by atoms with Crippen LogP contribution in [0.25, 0.3) is 11.1 Å². The number of rotatable bonds is 15. The summed E-state index contributed by atoms with van der Waals surface area (Å²) in [6, 6.07) is 22.5. The first-order chi connectivity index (χ1) is 17.0. The third-order valence-corrected chi connectivity index (χ3v) is 8.85. The molecule has 0 saturated heterocycles. The topological polar surface area (TPSA) is 43.4 Å². The van der Waals surface area contributed by atoms with Crippen LogP contribution in [-0.2, 0) is 16.5 Å². The molecule has 3 nitrogen and oxygen atoms in total. The highest BCUT2D eigenvalue weighted by Gasteiger charge is 2.24. The number of halogens is 1. The molecule has 0 spiro atoms. The maximum absolute atomic E-state index is 13.3. The van der Waals surface area contributed by atoms with Gasteiger partial charge in [-0.1, -0.05) is 119 Å². The SMILES string of the molecule is CCCCCCCCCCCCc1c(S(=O)(=O)Oc2ccccc2)ccc(-c2ccccc2)c1I. The average Bonchev–Trinajstić information content (AvgIpc) is 2.86. The van der Waals surface area contributed by atoms with E-state index in [9.17, 15) is 8.42 Å². The van der Waals surface area contributed by atoms with Crippen LogP contribution in [0.1, 0.15) is 76.7 Å². The summed E-state index contributed by atoms with van der Waals surface area (Å²) in [5.74, 6) is 0.333. The van der Waals surface area contributed by atoms with Gasteiger partial charge in [-0.2, -0.15) is 8.42 Å². The zero-order chi connectivity index (χ0) is 24.9. The van der Waals surface area contributed by atoms with Crippen LogP contribution >= 0.6 is 22.6 Å². The summed E-state index contributed by atoms with van der Waals surface area (Å²) in [6.45, 7) is 2.25. The summed E-state index contributed by atoms with van der Waals surface area (Å²) in [7, 11) is -3.93. The Balaban J connectivity index is 1.72. The van der Waals surface area contributed by atoms with E-state index in [1.807, 2.05) is 30.3 Å². The van der Waals surface area contributed by atoms with Crippen LogP contribution in [0.2, 0.25) is 0 Å². The summed E-state index contributed by atoms with van der Waals surface area (Å²) in [6.07, 6.45) is 13.2. The lowest BCUT2D eigenvalue weighted by Gasteiger charge is -2.16. The Morgan fingerprint density at radius 3 is 1.83 bits per heavy atom.